The van der Waals surface area contributed by atoms with E-state index < -0.39 is 5.60 Å². The van der Waals surface area contributed by atoms with E-state index in [1.54, 1.807) is 0 Å². The molecule has 2 saturated heterocycles. The first kappa shape index (κ1) is 15.4. The van der Waals surface area contributed by atoms with Crippen molar-refractivity contribution in [3.05, 3.63) is 47.2 Å². The first-order chi connectivity index (χ1) is 11.4. The lowest BCUT2D eigenvalue weighted by Gasteiger charge is -2.44. The molecular formula is C19H24N4O. The summed E-state index contributed by atoms with van der Waals surface area (Å²) in [5.74, 6) is 1.22. The van der Waals surface area contributed by atoms with Gasteiger partial charge in [0, 0.05) is 36.7 Å². The zero-order valence-electron chi connectivity index (χ0n) is 14.2. The molecule has 0 aliphatic carbocycles. The Morgan fingerprint density at radius 3 is 2.29 bits per heavy atom. The standard InChI is InChI=1S/C19H24N4O/c1-12-3-5-14(6-4-12)19(24)10-15-7-8-16(11-19)23(15)17-9-13(2)21-18(20)22-17/h3-6,9,15-16,24H,7-8,10-11H2,1-2H3,(H2,20,21,22)/t15-,16-/m1/s1. The Kier molecular flexibility index (Phi) is 3.49. The quantitative estimate of drug-likeness (QED) is 0.888. The molecule has 2 bridgehead atoms. The van der Waals surface area contributed by atoms with E-state index >= 15 is 0 Å². The van der Waals surface area contributed by atoms with Crippen LogP contribution >= 0.6 is 0 Å². The van der Waals surface area contributed by atoms with Gasteiger partial charge in [-0.25, -0.2) is 4.98 Å². The van der Waals surface area contributed by atoms with Gasteiger partial charge in [-0.05, 0) is 32.3 Å². The summed E-state index contributed by atoms with van der Waals surface area (Å²) in [5.41, 5.74) is 8.22. The maximum Gasteiger partial charge on any atom is 0.222 e. The minimum absolute atomic E-state index is 0.295. The highest BCUT2D eigenvalue weighted by Gasteiger charge is 2.48. The third kappa shape index (κ3) is 2.53. The Balaban J connectivity index is 1.65. The van der Waals surface area contributed by atoms with Crippen molar-refractivity contribution in [3.63, 3.8) is 0 Å². The molecule has 0 radical (unpaired) electrons. The molecule has 126 valence electrons. The van der Waals surface area contributed by atoms with Crippen LogP contribution in [-0.4, -0.2) is 27.2 Å². The summed E-state index contributed by atoms with van der Waals surface area (Å²) in [4.78, 5) is 11.0. The largest absolute Gasteiger partial charge is 0.385 e. The van der Waals surface area contributed by atoms with Crippen LogP contribution in [0.3, 0.4) is 0 Å². The number of hydrogen-bond acceptors (Lipinski definition) is 5. The smallest absolute Gasteiger partial charge is 0.222 e. The average Bonchev–Trinajstić information content (AvgIpc) is 2.79. The number of rotatable bonds is 2. The van der Waals surface area contributed by atoms with Gasteiger partial charge in [-0.1, -0.05) is 29.8 Å². The van der Waals surface area contributed by atoms with E-state index in [-0.39, 0.29) is 0 Å². The lowest BCUT2D eigenvalue weighted by molar-refractivity contribution is -0.00318. The molecule has 3 heterocycles. The van der Waals surface area contributed by atoms with Gasteiger partial charge in [-0.2, -0.15) is 4.98 Å². The van der Waals surface area contributed by atoms with Crippen molar-refractivity contribution in [2.45, 2.75) is 57.2 Å². The number of piperidine rings is 1. The molecule has 2 fully saturated rings. The summed E-state index contributed by atoms with van der Waals surface area (Å²) in [6.07, 6.45) is 3.63. The number of anilines is 2. The Labute approximate surface area is 142 Å². The molecule has 0 amide bonds. The minimum atomic E-state index is -0.746. The van der Waals surface area contributed by atoms with Gasteiger partial charge in [0.2, 0.25) is 5.95 Å². The average molecular weight is 324 g/mol. The van der Waals surface area contributed by atoms with Crippen molar-refractivity contribution < 1.29 is 5.11 Å². The summed E-state index contributed by atoms with van der Waals surface area (Å²) in [6, 6.07) is 10.9. The van der Waals surface area contributed by atoms with Crippen molar-refractivity contribution in [1.29, 1.82) is 0 Å². The number of fused-ring (bicyclic) bond motifs is 2. The highest BCUT2D eigenvalue weighted by atomic mass is 16.3. The molecular weight excluding hydrogens is 300 g/mol. The van der Waals surface area contributed by atoms with Crippen LogP contribution in [0.15, 0.2) is 30.3 Å². The van der Waals surface area contributed by atoms with Crippen molar-refractivity contribution in [2.75, 3.05) is 10.6 Å². The van der Waals surface area contributed by atoms with E-state index in [0.29, 0.717) is 18.0 Å². The van der Waals surface area contributed by atoms with E-state index in [0.717, 1.165) is 42.8 Å². The molecule has 2 aromatic rings. The van der Waals surface area contributed by atoms with Gasteiger partial charge in [0.25, 0.3) is 0 Å². The van der Waals surface area contributed by atoms with Gasteiger partial charge < -0.3 is 15.7 Å². The molecule has 1 aromatic heterocycles. The van der Waals surface area contributed by atoms with E-state index in [2.05, 4.69) is 46.1 Å². The molecule has 5 nitrogen and oxygen atoms in total. The summed E-state index contributed by atoms with van der Waals surface area (Å²) in [6.45, 7) is 4.01. The molecule has 1 aromatic carbocycles. The third-order valence-electron chi connectivity index (χ3n) is 5.48. The monoisotopic (exact) mass is 324 g/mol. The molecule has 2 aliphatic heterocycles. The molecule has 2 aliphatic rings. The predicted octanol–water partition coefficient (Wildman–Crippen LogP) is 2.69. The first-order valence-corrected chi connectivity index (χ1v) is 8.64. The number of aryl methyl sites for hydroxylation is 2. The lowest BCUT2D eigenvalue weighted by atomic mass is 9.80. The second-order valence-corrected chi connectivity index (χ2v) is 7.32. The maximum absolute atomic E-state index is 11.3. The SMILES string of the molecule is Cc1ccc(C2(O)C[C@H]3CC[C@H](C2)N3c2cc(C)nc(N)n2)cc1. The van der Waals surface area contributed by atoms with Crippen molar-refractivity contribution in [2.24, 2.45) is 0 Å². The van der Waals surface area contributed by atoms with Gasteiger partial charge >= 0.3 is 0 Å². The molecule has 5 heteroatoms. The Hall–Kier alpha value is -2.14. The fraction of sp³-hybridized carbons (Fsp3) is 0.474. The lowest BCUT2D eigenvalue weighted by Crippen LogP contribution is -2.50. The van der Waals surface area contributed by atoms with Crippen LogP contribution in [0.5, 0.6) is 0 Å². The number of nitrogen functional groups attached to an aromatic ring is 1. The van der Waals surface area contributed by atoms with Gasteiger partial charge in [0.15, 0.2) is 0 Å². The third-order valence-corrected chi connectivity index (χ3v) is 5.48. The predicted molar refractivity (Wildman–Crippen MR) is 94.8 cm³/mol. The van der Waals surface area contributed by atoms with Gasteiger partial charge in [-0.3, -0.25) is 0 Å². The van der Waals surface area contributed by atoms with Crippen molar-refractivity contribution >= 4 is 11.8 Å². The number of aromatic nitrogens is 2. The summed E-state index contributed by atoms with van der Waals surface area (Å²) < 4.78 is 0. The van der Waals surface area contributed by atoms with Crippen LogP contribution in [0.1, 0.15) is 42.5 Å². The Morgan fingerprint density at radius 2 is 1.71 bits per heavy atom. The highest BCUT2D eigenvalue weighted by molar-refractivity contribution is 5.48. The Bertz CT molecular complexity index is 724. The summed E-state index contributed by atoms with van der Waals surface area (Å²) in [7, 11) is 0. The normalized spacial score (nSPS) is 29.0. The number of nitrogens with zero attached hydrogens (tertiary/aromatic N) is 3. The molecule has 0 spiro atoms. The van der Waals surface area contributed by atoms with Gasteiger partial charge in [0.05, 0.1) is 5.60 Å². The van der Waals surface area contributed by atoms with Crippen LogP contribution in [0.2, 0.25) is 0 Å². The number of benzene rings is 1. The molecule has 2 atom stereocenters. The second kappa shape index (κ2) is 5.45. The van der Waals surface area contributed by atoms with E-state index in [1.807, 2.05) is 13.0 Å². The zero-order chi connectivity index (χ0) is 16.9. The van der Waals surface area contributed by atoms with Crippen LogP contribution in [0.25, 0.3) is 0 Å². The van der Waals surface area contributed by atoms with E-state index in [9.17, 15) is 5.11 Å². The topological polar surface area (TPSA) is 75.3 Å². The fourth-order valence-corrected chi connectivity index (χ4v) is 4.41. The van der Waals surface area contributed by atoms with E-state index in [4.69, 9.17) is 5.73 Å². The molecule has 0 unspecified atom stereocenters. The van der Waals surface area contributed by atoms with Crippen LogP contribution < -0.4 is 10.6 Å². The Morgan fingerprint density at radius 1 is 1.08 bits per heavy atom. The van der Waals surface area contributed by atoms with E-state index in [1.165, 1.54) is 5.56 Å². The van der Waals surface area contributed by atoms with Crippen LogP contribution in [-0.2, 0) is 5.60 Å². The number of nitrogens with two attached hydrogens (primary N) is 1. The molecule has 3 N–H and O–H groups in total. The zero-order valence-corrected chi connectivity index (χ0v) is 14.2. The van der Waals surface area contributed by atoms with Crippen LogP contribution in [0, 0.1) is 13.8 Å². The van der Waals surface area contributed by atoms with Gasteiger partial charge in [0.1, 0.15) is 5.82 Å². The van der Waals surface area contributed by atoms with Crippen LogP contribution in [0.4, 0.5) is 11.8 Å². The second-order valence-electron chi connectivity index (χ2n) is 7.32. The summed E-state index contributed by atoms with van der Waals surface area (Å²) in [5, 5.41) is 11.3. The number of aliphatic hydroxyl groups is 1. The molecule has 24 heavy (non-hydrogen) atoms. The van der Waals surface area contributed by atoms with Gasteiger partial charge in [-0.15, -0.1) is 0 Å². The summed E-state index contributed by atoms with van der Waals surface area (Å²) >= 11 is 0. The van der Waals surface area contributed by atoms with Crippen molar-refractivity contribution in [1.82, 2.24) is 9.97 Å². The minimum Gasteiger partial charge on any atom is -0.385 e. The molecule has 4 rings (SSSR count). The number of hydrogen-bond donors (Lipinski definition) is 2. The highest BCUT2D eigenvalue weighted by Crippen LogP contribution is 2.47. The van der Waals surface area contributed by atoms with Crippen molar-refractivity contribution in [3.8, 4) is 0 Å². The maximum atomic E-state index is 11.3. The first-order valence-electron chi connectivity index (χ1n) is 8.64. The molecule has 0 saturated carbocycles. The fourth-order valence-electron chi connectivity index (χ4n) is 4.41.